The van der Waals surface area contributed by atoms with Crippen LogP contribution in [0, 0.1) is 41.5 Å². The molecule has 0 fully saturated rings. The largest absolute Gasteiger partial charge is 0.249 e. The van der Waals surface area contributed by atoms with E-state index in [0.717, 1.165) is 18.7 Å². The van der Waals surface area contributed by atoms with E-state index in [1.165, 1.54) is 44.8 Å². The third-order valence-corrected chi connectivity index (χ3v) is 5.04. The van der Waals surface area contributed by atoms with Crippen LogP contribution in [0.3, 0.4) is 0 Å². The van der Waals surface area contributed by atoms with Gasteiger partial charge < -0.3 is 0 Å². The highest BCUT2D eigenvalue weighted by Gasteiger charge is 2.27. The summed E-state index contributed by atoms with van der Waals surface area (Å²) in [7, 11) is 0. The first-order valence-electron chi connectivity index (χ1n) is 9.02. The Hall–Kier alpha value is -2.35. The Morgan fingerprint density at radius 1 is 0.800 bits per heavy atom. The highest BCUT2D eigenvalue weighted by molar-refractivity contribution is 5.85. The average Bonchev–Trinajstić information content (AvgIpc) is 2.48. The van der Waals surface area contributed by atoms with Gasteiger partial charge in [-0.15, -0.1) is 0 Å². The monoisotopic (exact) mass is 333 g/mol. The van der Waals surface area contributed by atoms with E-state index in [2.05, 4.69) is 88.2 Å². The van der Waals surface area contributed by atoms with Gasteiger partial charge in [-0.25, -0.2) is 9.48 Å². The van der Waals surface area contributed by atoms with Gasteiger partial charge in [0.05, 0.1) is 6.54 Å². The molecule has 0 N–H and O–H groups in total. The molecule has 2 aromatic carbocycles. The maximum absolute atomic E-state index is 4.33. The Morgan fingerprint density at radius 3 is 1.80 bits per heavy atom. The van der Waals surface area contributed by atoms with E-state index in [0.29, 0.717) is 0 Å². The minimum atomic E-state index is 0.968. The van der Waals surface area contributed by atoms with Crippen LogP contribution in [0.5, 0.6) is 0 Å². The van der Waals surface area contributed by atoms with E-state index in [-0.39, 0.29) is 0 Å². The smallest absolute Gasteiger partial charge is 0.232 e. The fraction of sp³-hybridized carbons (Fsp3) is 0.348. The highest BCUT2D eigenvalue weighted by Crippen LogP contribution is 2.32. The Labute approximate surface area is 152 Å². The molecule has 2 aromatic rings. The quantitative estimate of drug-likeness (QED) is 0.645. The van der Waals surface area contributed by atoms with Crippen molar-refractivity contribution in [3.63, 3.8) is 0 Å². The van der Waals surface area contributed by atoms with Crippen molar-refractivity contribution in [1.82, 2.24) is 0 Å². The molecule has 3 rings (SSSR count). The molecule has 130 valence electrons. The molecular weight excluding hydrogens is 304 g/mol. The summed E-state index contributed by atoms with van der Waals surface area (Å²) in [5.41, 5.74) is 11.6. The second kappa shape index (κ2) is 6.51. The van der Waals surface area contributed by atoms with E-state index in [1.807, 2.05) is 0 Å². The summed E-state index contributed by atoms with van der Waals surface area (Å²) in [5, 5.41) is 0. The van der Waals surface area contributed by atoms with Crippen molar-refractivity contribution in [2.75, 3.05) is 11.4 Å². The topological polar surface area (TPSA) is 6.25 Å². The maximum atomic E-state index is 4.33. The van der Waals surface area contributed by atoms with Crippen LogP contribution in [-0.2, 0) is 0 Å². The van der Waals surface area contributed by atoms with Gasteiger partial charge in [0.25, 0.3) is 0 Å². The summed E-state index contributed by atoms with van der Waals surface area (Å²) in [6.07, 6.45) is 3.21. The molecule has 0 bridgehead atoms. The molecule has 0 saturated heterocycles. The number of anilines is 1. The molecule has 0 spiro atoms. The van der Waals surface area contributed by atoms with Crippen LogP contribution < -0.4 is 4.90 Å². The summed E-state index contributed by atoms with van der Waals surface area (Å²) in [5.74, 6) is 0. The Kier molecular flexibility index (Phi) is 4.55. The molecule has 0 aliphatic carbocycles. The summed E-state index contributed by atoms with van der Waals surface area (Å²) in [4.78, 5) is 2.28. The zero-order chi connectivity index (χ0) is 18.3. The molecule has 0 amide bonds. The van der Waals surface area contributed by atoms with Gasteiger partial charge in [0.2, 0.25) is 6.34 Å². The van der Waals surface area contributed by atoms with E-state index >= 15 is 0 Å². The Balaban J connectivity index is 2.14. The van der Waals surface area contributed by atoms with Gasteiger partial charge in [-0.2, -0.15) is 0 Å². The van der Waals surface area contributed by atoms with Crippen molar-refractivity contribution in [2.45, 2.75) is 48.0 Å². The van der Waals surface area contributed by atoms with Gasteiger partial charge >= 0.3 is 0 Å². The zero-order valence-corrected chi connectivity index (χ0v) is 16.4. The molecule has 0 aromatic heterocycles. The van der Waals surface area contributed by atoms with Crippen molar-refractivity contribution in [3.8, 4) is 0 Å². The second-order valence-electron chi connectivity index (χ2n) is 7.49. The van der Waals surface area contributed by atoms with Gasteiger partial charge in [0, 0.05) is 6.42 Å². The lowest BCUT2D eigenvalue weighted by Crippen LogP contribution is -2.33. The van der Waals surface area contributed by atoms with Crippen LogP contribution in [0.25, 0.3) is 0 Å². The predicted molar refractivity (Wildman–Crippen MR) is 108 cm³/mol. The highest BCUT2D eigenvalue weighted by atomic mass is 15.2. The molecule has 25 heavy (non-hydrogen) atoms. The first-order chi connectivity index (χ1) is 11.8. The van der Waals surface area contributed by atoms with Gasteiger partial charge in [-0.05, 0) is 63.8 Å². The lowest BCUT2D eigenvalue weighted by molar-refractivity contribution is -0.439. The van der Waals surface area contributed by atoms with E-state index in [1.54, 1.807) is 0 Å². The lowest BCUT2D eigenvalue weighted by atomic mass is 10.0. The molecule has 2 heteroatoms. The number of benzene rings is 2. The normalized spacial score (nSPS) is 14.7. The van der Waals surface area contributed by atoms with Crippen molar-refractivity contribution in [3.05, 3.63) is 69.9 Å². The third kappa shape index (κ3) is 3.26. The molecular formula is C23H29N2+. The Morgan fingerprint density at radius 2 is 1.28 bits per heavy atom. The van der Waals surface area contributed by atoms with Gasteiger partial charge in [0.1, 0.15) is 17.1 Å². The molecule has 0 saturated carbocycles. The molecule has 1 aliphatic heterocycles. The molecule has 1 aliphatic rings. The van der Waals surface area contributed by atoms with Crippen LogP contribution in [0.15, 0.2) is 36.5 Å². The second-order valence-corrected chi connectivity index (χ2v) is 7.49. The molecule has 0 unspecified atom stereocenters. The zero-order valence-electron chi connectivity index (χ0n) is 16.4. The van der Waals surface area contributed by atoms with Crippen molar-refractivity contribution in [1.29, 1.82) is 0 Å². The summed E-state index contributed by atoms with van der Waals surface area (Å²) < 4.78 is 2.39. The fourth-order valence-corrected chi connectivity index (χ4v) is 4.21. The number of hydrogen-bond acceptors (Lipinski definition) is 1. The SMILES string of the molecule is C=C1CC[N+](c2c(C)cc(C)cc2C)=CN1c1c(C)cc(C)cc1C. The van der Waals surface area contributed by atoms with Crippen LogP contribution >= 0.6 is 0 Å². The molecule has 1 heterocycles. The lowest BCUT2D eigenvalue weighted by Gasteiger charge is -2.26. The summed E-state index contributed by atoms with van der Waals surface area (Å²) in [6.45, 7) is 18.4. The van der Waals surface area contributed by atoms with Gasteiger partial charge in [-0.1, -0.05) is 42.0 Å². The van der Waals surface area contributed by atoms with Crippen molar-refractivity contribution >= 4 is 17.7 Å². The van der Waals surface area contributed by atoms with Crippen LogP contribution in [0.2, 0.25) is 0 Å². The molecule has 2 nitrogen and oxygen atoms in total. The third-order valence-electron chi connectivity index (χ3n) is 5.04. The number of hydrogen-bond donors (Lipinski definition) is 0. The van der Waals surface area contributed by atoms with Crippen molar-refractivity contribution in [2.24, 2.45) is 0 Å². The maximum Gasteiger partial charge on any atom is 0.249 e. The first kappa shape index (κ1) is 17.5. The van der Waals surface area contributed by atoms with Gasteiger partial charge in [-0.3, -0.25) is 0 Å². The molecule has 0 atom stereocenters. The number of rotatable bonds is 2. The standard InChI is InChI=1S/C23H29N2/c1-15-10-17(3)22(18(4)11-15)24-9-8-21(7)25(14-24)23-19(5)12-16(2)13-20(23)6/h10-14H,7-9H2,1-6H3/q+1. The van der Waals surface area contributed by atoms with Crippen LogP contribution in [0.1, 0.15) is 39.8 Å². The summed E-state index contributed by atoms with van der Waals surface area (Å²) in [6, 6.07) is 9.05. The van der Waals surface area contributed by atoms with Gasteiger partial charge in [0.15, 0.2) is 0 Å². The Bertz CT molecular complexity index is 841. The van der Waals surface area contributed by atoms with Crippen LogP contribution in [0.4, 0.5) is 11.4 Å². The minimum absolute atomic E-state index is 0.968. The minimum Gasteiger partial charge on any atom is -0.232 e. The summed E-state index contributed by atoms with van der Waals surface area (Å²) >= 11 is 0. The molecule has 0 radical (unpaired) electrons. The number of aryl methyl sites for hydroxylation is 6. The first-order valence-corrected chi connectivity index (χ1v) is 9.02. The van der Waals surface area contributed by atoms with E-state index in [4.69, 9.17) is 0 Å². The van der Waals surface area contributed by atoms with Crippen LogP contribution in [-0.4, -0.2) is 17.5 Å². The van der Waals surface area contributed by atoms with E-state index in [9.17, 15) is 0 Å². The predicted octanol–water partition coefficient (Wildman–Crippen LogP) is 5.63. The van der Waals surface area contributed by atoms with E-state index < -0.39 is 0 Å². The fourth-order valence-electron chi connectivity index (χ4n) is 4.21. The number of nitrogens with zero attached hydrogens (tertiary/aromatic N) is 2. The van der Waals surface area contributed by atoms with Crippen molar-refractivity contribution < 1.29 is 4.58 Å². The average molecular weight is 333 g/mol.